The van der Waals surface area contributed by atoms with E-state index in [9.17, 15) is 49.2 Å². The number of nitriles is 1. The van der Waals surface area contributed by atoms with Gasteiger partial charge in [0.25, 0.3) is 5.56 Å². The van der Waals surface area contributed by atoms with E-state index in [1.807, 2.05) is 0 Å². The van der Waals surface area contributed by atoms with Crippen LogP contribution in [0.2, 0.25) is 0 Å². The fourth-order valence-electron chi connectivity index (χ4n) is 4.02. The van der Waals surface area contributed by atoms with Crippen LogP contribution < -0.4 is 5.56 Å². The topological polar surface area (TPSA) is 79.9 Å². The molecule has 214 valence electrons. The normalized spacial score (nSPS) is 12.4. The van der Waals surface area contributed by atoms with Gasteiger partial charge < -0.3 is 4.57 Å². The zero-order valence-electron chi connectivity index (χ0n) is 20.8. The molecule has 4 aromatic rings. The van der Waals surface area contributed by atoms with E-state index in [4.69, 9.17) is 0 Å². The van der Waals surface area contributed by atoms with Gasteiger partial charge in [-0.3, -0.25) is 4.79 Å². The van der Waals surface area contributed by atoms with Crippen LogP contribution in [0.4, 0.5) is 30.7 Å². The van der Waals surface area contributed by atoms with Crippen molar-refractivity contribution < 1.29 is 39.2 Å². The molecule has 0 aliphatic rings. The lowest BCUT2D eigenvalue weighted by Crippen LogP contribution is -2.28. The first-order valence-electron chi connectivity index (χ1n) is 11.6. The van der Waals surface area contributed by atoms with Crippen molar-refractivity contribution >= 4 is 21.2 Å². The predicted molar refractivity (Wildman–Crippen MR) is 137 cm³/mol. The van der Waals surface area contributed by atoms with Crippen LogP contribution in [0, 0.1) is 17.1 Å². The Morgan fingerprint density at radius 2 is 1.59 bits per heavy atom. The van der Waals surface area contributed by atoms with Gasteiger partial charge in [-0.25, -0.2) is 12.8 Å². The van der Waals surface area contributed by atoms with E-state index < -0.39 is 67.4 Å². The number of benzene rings is 2. The van der Waals surface area contributed by atoms with Gasteiger partial charge in [0.2, 0.25) is 0 Å². The molecule has 41 heavy (non-hydrogen) atoms. The smallest absolute Gasteiger partial charge is 0.302 e. The average Bonchev–Trinajstić information content (AvgIpc) is 3.39. The molecule has 0 N–H and O–H groups in total. The molecule has 0 aliphatic heterocycles. The number of hydrogen-bond donors (Lipinski definition) is 0. The summed E-state index contributed by atoms with van der Waals surface area (Å²) in [6.07, 6.45) is -10.0. The average molecular weight is 615 g/mol. The Labute approximate surface area is 232 Å². The van der Waals surface area contributed by atoms with Crippen molar-refractivity contribution in [2.75, 3.05) is 5.75 Å². The van der Waals surface area contributed by atoms with Crippen molar-refractivity contribution in [3.05, 3.63) is 99.1 Å². The molecule has 0 radical (unpaired) electrons. The molecule has 0 bridgehead atoms. The molecule has 0 unspecified atom stereocenters. The fourth-order valence-corrected chi connectivity index (χ4v) is 5.98. The Morgan fingerprint density at radius 1 is 0.927 bits per heavy atom. The second kappa shape index (κ2) is 10.8. The second-order valence-corrected chi connectivity index (χ2v) is 12.1. The Balaban J connectivity index is 1.97. The van der Waals surface area contributed by atoms with Gasteiger partial charge in [0.1, 0.15) is 17.4 Å². The number of thiophene rings is 1. The Bertz CT molecular complexity index is 1850. The minimum absolute atomic E-state index is 0.0271. The quantitative estimate of drug-likeness (QED) is 0.217. The summed E-state index contributed by atoms with van der Waals surface area (Å²) in [7, 11) is -4.07. The monoisotopic (exact) mass is 614 g/mol. The summed E-state index contributed by atoms with van der Waals surface area (Å²) in [6.45, 7) is 0.708. The molecule has 2 heterocycles. The number of pyridine rings is 1. The lowest BCUT2D eigenvalue weighted by atomic mass is 10.1. The summed E-state index contributed by atoms with van der Waals surface area (Å²) in [5.74, 6) is -1.23. The van der Waals surface area contributed by atoms with Crippen LogP contribution in [0.5, 0.6) is 0 Å². The molecular weight excluding hydrogens is 597 g/mol. The maximum atomic E-state index is 14.4. The van der Waals surface area contributed by atoms with Crippen molar-refractivity contribution in [1.82, 2.24) is 4.57 Å². The minimum Gasteiger partial charge on any atom is -0.302 e. The van der Waals surface area contributed by atoms with E-state index >= 15 is 0 Å². The van der Waals surface area contributed by atoms with Crippen LogP contribution in [0.15, 0.2) is 70.4 Å². The number of aromatic nitrogens is 1. The maximum absolute atomic E-state index is 14.4. The van der Waals surface area contributed by atoms with Gasteiger partial charge in [0.15, 0.2) is 9.84 Å². The lowest BCUT2D eigenvalue weighted by molar-refractivity contribution is -0.138. The van der Waals surface area contributed by atoms with Crippen LogP contribution >= 0.6 is 11.3 Å². The van der Waals surface area contributed by atoms with Gasteiger partial charge in [-0.05, 0) is 48.0 Å². The summed E-state index contributed by atoms with van der Waals surface area (Å²) >= 11 is 0.690. The molecule has 0 spiro atoms. The minimum atomic E-state index is -5.11. The molecule has 14 heteroatoms. The van der Waals surface area contributed by atoms with Crippen LogP contribution in [0.3, 0.4) is 0 Å². The van der Waals surface area contributed by atoms with E-state index in [1.165, 1.54) is 43.3 Å². The van der Waals surface area contributed by atoms with E-state index in [2.05, 4.69) is 0 Å². The Kier molecular flexibility index (Phi) is 7.90. The maximum Gasteiger partial charge on any atom is 0.417 e. The highest BCUT2D eigenvalue weighted by Crippen LogP contribution is 2.41. The Morgan fingerprint density at radius 3 is 2.17 bits per heavy atom. The zero-order valence-corrected chi connectivity index (χ0v) is 22.4. The number of hydrogen-bond acceptors (Lipinski definition) is 5. The van der Waals surface area contributed by atoms with E-state index in [-0.39, 0.29) is 26.6 Å². The highest BCUT2D eigenvalue weighted by Gasteiger charge is 2.37. The van der Waals surface area contributed by atoms with E-state index in [0.29, 0.717) is 29.5 Å². The number of rotatable bonds is 6. The highest BCUT2D eigenvalue weighted by atomic mass is 32.2. The molecule has 2 aromatic heterocycles. The fraction of sp³-hybridized carbons (Fsp3) is 0.185. The first-order valence-corrected chi connectivity index (χ1v) is 14.1. The summed E-state index contributed by atoms with van der Waals surface area (Å²) in [4.78, 5) is 12.6. The summed E-state index contributed by atoms with van der Waals surface area (Å²) in [5, 5.41) is 9.35. The predicted octanol–water partition coefficient (Wildman–Crippen LogP) is 7.13. The number of sulfone groups is 1. The summed E-state index contributed by atoms with van der Waals surface area (Å²) in [6, 6.07) is 11.7. The first kappa shape index (κ1) is 30.0. The van der Waals surface area contributed by atoms with Gasteiger partial charge in [0.05, 0.1) is 38.9 Å². The standard InChI is InChI=1S/C27H17F7N2O3S2/c1-2-41(38,39)18-10-16(9-17(11-18)26(29,30)31)23-7-8-24(40-23)22-12-20(27(32,33)34)19(13-35)25(37)36(22)14-15-5-3-4-6-21(15)28/h3-12H,2,14H2,1H3. The number of nitrogens with zero attached hydrogens (tertiary/aromatic N) is 2. The van der Waals surface area contributed by atoms with Crippen molar-refractivity contribution in [2.45, 2.75) is 30.7 Å². The van der Waals surface area contributed by atoms with Crippen molar-refractivity contribution in [2.24, 2.45) is 0 Å². The molecule has 0 amide bonds. The summed E-state index contributed by atoms with van der Waals surface area (Å²) < 4.78 is 122. The van der Waals surface area contributed by atoms with Gasteiger partial charge in [-0.15, -0.1) is 11.3 Å². The number of halogens is 7. The SMILES string of the molecule is CCS(=O)(=O)c1cc(-c2ccc(-c3cc(C(F)(F)F)c(C#N)c(=O)n3Cc3ccccc3F)s2)cc(C(F)(F)F)c1. The summed E-state index contributed by atoms with van der Waals surface area (Å²) in [5.41, 5.74) is -5.93. The van der Waals surface area contributed by atoms with Gasteiger partial charge >= 0.3 is 12.4 Å². The van der Waals surface area contributed by atoms with Crippen molar-refractivity contribution in [1.29, 1.82) is 5.26 Å². The molecular formula is C27H17F7N2O3S2. The third-order valence-electron chi connectivity index (χ3n) is 6.12. The highest BCUT2D eigenvalue weighted by molar-refractivity contribution is 7.91. The molecule has 2 aromatic carbocycles. The van der Waals surface area contributed by atoms with Gasteiger partial charge in [0, 0.05) is 10.4 Å². The third-order valence-corrected chi connectivity index (χ3v) is 8.99. The van der Waals surface area contributed by atoms with Crippen LogP contribution in [0.25, 0.3) is 21.0 Å². The van der Waals surface area contributed by atoms with Crippen molar-refractivity contribution in [3.8, 4) is 27.1 Å². The molecule has 4 rings (SSSR count). The van der Waals surface area contributed by atoms with Crippen molar-refractivity contribution in [3.63, 3.8) is 0 Å². The lowest BCUT2D eigenvalue weighted by Gasteiger charge is -2.17. The second-order valence-electron chi connectivity index (χ2n) is 8.72. The third kappa shape index (κ3) is 6.06. The molecule has 0 atom stereocenters. The van der Waals surface area contributed by atoms with Crippen LogP contribution in [-0.4, -0.2) is 18.7 Å². The van der Waals surface area contributed by atoms with Gasteiger partial charge in [-0.2, -0.15) is 31.6 Å². The molecule has 0 fully saturated rings. The first-order chi connectivity index (χ1) is 19.1. The van der Waals surface area contributed by atoms with Crippen LogP contribution in [-0.2, 0) is 28.7 Å². The zero-order chi connectivity index (χ0) is 30.3. The largest absolute Gasteiger partial charge is 0.417 e. The van der Waals surface area contributed by atoms with E-state index in [1.54, 1.807) is 0 Å². The number of alkyl halides is 6. The van der Waals surface area contributed by atoms with Gasteiger partial charge in [-0.1, -0.05) is 25.1 Å². The molecule has 5 nitrogen and oxygen atoms in total. The molecule has 0 aliphatic carbocycles. The van der Waals surface area contributed by atoms with E-state index in [0.717, 1.165) is 16.7 Å². The molecule has 0 saturated carbocycles. The Hall–Kier alpha value is -3.96. The van der Waals surface area contributed by atoms with Crippen LogP contribution in [0.1, 0.15) is 29.2 Å². The molecule has 0 saturated heterocycles.